The molecule has 2 N–H and O–H groups in total. The average molecular weight is 292 g/mol. The van der Waals surface area contributed by atoms with Crippen LogP contribution in [0.4, 0.5) is 0 Å². The van der Waals surface area contributed by atoms with Crippen LogP contribution in [0.25, 0.3) is 0 Å². The number of hydrogen-bond donors (Lipinski definition) is 1. The molecular formula is C16H15Cl2N. The molecule has 98 valence electrons. The number of benzene rings is 2. The third-order valence-corrected chi connectivity index (χ3v) is 4.49. The molecule has 0 radical (unpaired) electrons. The first-order valence-corrected chi connectivity index (χ1v) is 7.15. The summed E-state index contributed by atoms with van der Waals surface area (Å²) in [4.78, 5) is 0. The molecule has 1 unspecified atom stereocenters. The topological polar surface area (TPSA) is 26.0 Å². The summed E-state index contributed by atoms with van der Waals surface area (Å²) in [6.45, 7) is 0. The van der Waals surface area contributed by atoms with E-state index >= 15 is 0 Å². The van der Waals surface area contributed by atoms with Crippen molar-refractivity contribution in [3.05, 3.63) is 69.2 Å². The van der Waals surface area contributed by atoms with Gasteiger partial charge in [-0.05, 0) is 54.2 Å². The highest BCUT2D eigenvalue weighted by molar-refractivity contribution is 6.33. The molecule has 0 fully saturated rings. The third-order valence-electron chi connectivity index (χ3n) is 3.93. The molecule has 19 heavy (non-hydrogen) atoms. The Kier molecular flexibility index (Phi) is 3.30. The minimum absolute atomic E-state index is 0.420. The van der Waals surface area contributed by atoms with Crippen LogP contribution in [0.5, 0.6) is 0 Å². The number of rotatable bonds is 1. The Hall–Kier alpha value is -1.02. The maximum absolute atomic E-state index is 6.62. The lowest BCUT2D eigenvalue weighted by atomic mass is 9.74. The second-order valence-electron chi connectivity index (χ2n) is 5.23. The molecule has 0 bridgehead atoms. The van der Waals surface area contributed by atoms with E-state index in [0.717, 1.165) is 24.8 Å². The van der Waals surface area contributed by atoms with E-state index in [4.69, 9.17) is 28.9 Å². The Morgan fingerprint density at radius 2 is 1.74 bits per heavy atom. The lowest BCUT2D eigenvalue weighted by Crippen LogP contribution is -2.42. The minimum atomic E-state index is -0.420. The van der Waals surface area contributed by atoms with Crippen LogP contribution in [0.15, 0.2) is 42.5 Å². The number of halogens is 2. The molecule has 0 saturated heterocycles. The highest BCUT2D eigenvalue weighted by atomic mass is 35.5. The lowest BCUT2D eigenvalue weighted by molar-refractivity contribution is 0.385. The Labute approximate surface area is 123 Å². The molecule has 0 spiro atoms. The van der Waals surface area contributed by atoms with Gasteiger partial charge in [0.1, 0.15) is 0 Å². The number of fused-ring (bicyclic) bond motifs is 1. The molecule has 2 aromatic carbocycles. The van der Waals surface area contributed by atoms with E-state index in [9.17, 15) is 0 Å². The normalized spacial score (nSPS) is 22.1. The fourth-order valence-electron chi connectivity index (χ4n) is 2.87. The van der Waals surface area contributed by atoms with E-state index in [1.165, 1.54) is 11.1 Å². The largest absolute Gasteiger partial charge is 0.321 e. The fraction of sp³-hybridized carbons (Fsp3) is 0.250. The Bertz CT molecular complexity index is 624. The molecule has 1 aliphatic rings. The summed E-state index contributed by atoms with van der Waals surface area (Å²) in [7, 11) is 0. The van der Waals surface area contributed by atoms with Gasteiger partial charge in [0.05, 0.1) is 0 Å². The maximum atomic E-state index is 6.62. The van der Waals surface area contributed by atoms with Gasteiger partial charge in [0.2, 0.25) is 0 Å². The van der Waals surface area contributed by atoms with Crippen molar-refractivity contribution in [2.45, 2.75) is 24.8 Å². The fourth-order valence-corrected chi connectivity index (χ4v) is 3.35. The number of hydrogen-bond acceptors (Lipinski definition) is 1. The second kappa shape index (κ2) is 4.82. The molecule has 0 saturated carbocycles. The summed E-state index contributed by atoms with van der Waals surface area (Å²) >= 11 is 12.4. The van der Waals surface area contributed by atoms with Gasteiger partial charge in [0.25, 0.3) is 0 Å². The third kappa shape index (κ3) is 2.38. The maximum Gasteiger partial charge on any atom is 0.0469 e. The van der Waals surface area contributed by atoms with Gasteiger partial charge in [0.15, 0.2) is 0 Å². The second-order valence-corrected chi connectivity index (χ2v) is 6.07. The van der Waals surface area contributed by atoms with Gasteiger partial charge in [-0.3, -0.25) is 0 Å². The van der Waals surface area contributed by atoms with E-state index in [2.05, 4.69) is 24.3 Å². The highest BCUT2D eigenvalue weighted by Gasteiger charge is 2.33. The predicted octanol–water partition coefficient (Wildman–Crippen LogP) is 4.34. The van der Waals surface area contributed by atoms with E-state index in [-0.39, 0.29) is 0 Å². The van der Waals surface area contributed by atoms with Gasteiger partial charge in [-0.2, -0.15) is 0 Å². The monoisotopic (exact) mass is 291 g/mol. The molecule has 3 heteroatoms. The van der Waals surface area contributed by atoms with Gasteiger partial charge >= 0.3 is 0 Å². The van der Waals surface area contributed by atoms with E-state index in [1.807, 2.05) is 12.1 Å². The molecule has 3 rings (SSSR count). The number of nitrogens with two attached hydrogens (primary N) is 1. The van der Waals surface area contributed by atoms with Crippen molar-refractivity contribution in [1.29, 1.82) is 0 Å². The van der Waals surface area contributed by atoms with Crippen LogP contribution in [-0.4, -0.2) is 0 Å². The van der Waals surface area contributed by atoms with Crippen molar-refractivity contribution in [1.82, 2.24) is 0 Å². The highest BCUT2D eigenvalue weighted by Crippen LogP contribution is 2.38. The Morgan fingerprint density at radius 1 is 1.00 bits per heavy atom. The zero-order valence-corrected chi connectivity index (χ0v) is 12.0. The predicted molar refractivity (Wildman–Crippen MR) is 80.8 cm³/mol. The smallest absolute Gasteiger partial charge is 0.0469 e. The van der Waals surface area contributed by atoms with E-state index in [0.29, 0.717) is 10.0 Å². The first kappa shape index (κ1) is 13.0. The van der Waals surface area contributed by atoms with Gasteiger partial charge < -0.3 is 5.73 Å². The molecule has 1 atom stereocenters. The Balaban J connectivity index is 2.04. The minimum Gasteiger partial charge on any atom is -0.321 e. The summed E-state index contributed by atoms with van der Waals surface area (Å²) in [5, 5.41) is 1.38. The molecule has 0 heterocycles. The zero-order chi connectivity index (χ0) is 13.5. The van der Waals surface area contributed by atoms with Gasteiger partial charge in [-0.25, -0.2) is 0 Å². The van der Waals surface area contributed by atoms with E-state index in [1.54, 1.807) is 6.07 Å². The lowest BCUT2D eigenvalue weighted by Gasteiger charge is -2.36. The van der Waals surface area contributed by atoms with Crippen molar-refractivity contribution in [2.24, 2.45) is 5.73 Å². The van der Waals surface area contributed by atoms with E-state index < -0.39 is 5.54 Å². The molecule has 2 aromatic rings. The van der Waals surface area contributed by atoms with Crippen molar-refractivity contribution >= 4 is 23.2 Å². The molecule has 0 aliphatic heterocycles. The molecule has 1 nitrogen and oxygen atoms in total. The quantitative estimate of drug-likeness (QED) is 0.831. The summed E-state index contributed by atoms with van der Waals surface area (Å²) in [5.41, 5.74) is 9.86. The van der Waals surface area contributed by atoms with Gasteiger partial charge in [-0.15, -0.1) is 0 Å². The van der Waals surface area contributed by atoms with Crippen LogP contribution in [0, 0.1) is 0 Å². The van der Waals surface area contributed by atoms with Crippen LogP contribution >= 0.6 is 23.2 Å². The first-order chi connectivity index (χ1) is 9.08. The Morgan fingerprint density at radius 3 is 2.53 bits per heavy atom. The van der Waals surface area contributed by atoms with Crippen LogP contribution in [0.3, 0.4) is 0 Å². The molecule has 0 amide bonds. The standard InChI is InChI=1S/C16H15Cl2N/c17-13-5-6-15(18)14(9-13)16(19)8-7-11-3-1-2-4-12(11)10-16/h1-6,9H,7-8,10,19H2. The van der Waals surface area contributed by atoms with Crippen LogP contribution < -0.4 is 5.73 Å². The summed E-state index contributed by atoms with van der Waals surface area (Å²) in [6.07, 6.45) is 2.68. The van der Waals surface area contributed by atoms with Gasteiger partial charge in [-0.1, -0.05) is 47.5 Å². The van der Waals surface area contributed by atoms with Crippen LogP contribution in [-0.2, 0) is 18.4 Å². The van der Waals surface area contributed by atoms with Crippen molar-refractivity contribution in [3.63, 3.8) is 0 Å². The molecule has 0 aromatic heterocycles. The van der Waals surface area contributed by atoms with Crippen molar-refractivity contribution < 1.29 is 0 Å². The van der Waals surface area contributed by atoms with Crippen LogP contribution in [0.2, 0.25) is 10.0 Å². The van der Waals surface area contributed by atoms with Crippen LogP contribution in [0.1, 0.15) is 23.1 Å². The van der Waals surface area contributed by atoms with Crippen molar-refractivity contribution in [2.75, 3.05) is 0 Å². The SMILES string of the molecule is NC1(c2cc(Cl)ccc2Cl)CCc2ccccc2C1. The summed E-state index contributed by atoms with van der Waals surface area (Å²) in [5.74, 6) is 0. The first-order valence-electron chi connectivity index (χ1n) is 6.40. The van der Waals surface area contributed by atoms with Gasteiger partial charge in [0, 0.05) is 15.6 Å². The summed E-state index contributed by atoms with van der Waals surface area (Å²) in [6, 6.07) is 14.0. The summed E-state index contributed by atoms with van der Waals surface area (Å²) < 4.78 is 0. The average Bonchev–Trinajstić information content (AvgIpc) is 2.41. The van der Waals surface area contributed by atoms with Crippen molar-refractivity contribution in [3.8, 4) is 0 Å². The molecular weight excluding hydrogens is 277 g/mol. The zero-order valence-electron chi connectivity index (χ0n) is 10.5. The molecule has 1 aliphatic carbocycles. The number of aryl methyl sites for hydroxylation is 1.